The van der Waals surface area contributed by atoms with Crippen LogP contribution in [0.3, 0.4) is 0 Å². The Kier molecular flexibility index (Phi) is 3.77. The fourth-order valence-electron chi connectivity index (χ4n) is 1.96. The van der Waals surface area contributed by atoms with Gasteiger partial charge < -0.3 is 4.90 Å². The molecule has 1 aliphatic rings. The van der Waals surface area contributed by atoms with Crippen molar-refractivity contribution in [1.82, 2.24) is 4.98 Å². The first kappa shape index (κ1) is 12.1. The Labute approximate surface area is 103 Å². The number of unbranched alkanes of at least 4 members (excludes halogenated alkanes) is 1. The van der Waals surface area contributed by atoms with Crippen LogP contribution in [0.25, 0.3) is 0 Å². The maximum absolute atomic E-state index is 11.2. The van der Waals surface area contributed by atoms with E-state index in [0.717, 1.165) is 12.4 Å². The average Bonchev–Trinajstić information content (AvgIpc) is 3.14. The Morgan fingerprint density at radius 3 is 2.71 bits per heavy atom. The van der Waals surface area contributed by atoms with E-state index in [1.807, 2.05) is 12.1 Å². The lowest BCUT2D eigenvalue weighted by Crippen LogP contribution is -2.27. The zero-order chi connectivity index (χ0) is 12.3. The van der Waals surface area contributed by atoms with Crippen LogP contribution in [-0.2, 0) is 0 Å². The molecule has 2 rings (SSSR count). The highest BCUT2D eigenvalue weighted by Crippen LogP contribution is 2.30. The van der Waals surface area contributed by atoms with Crippen LogP contribution in [0.4, 0.5) is 5.82 Å². The van der Waals surface area contributed by atoms with E-state index in [1.165, 1.54) is 25.7 Å². The Morgan fingerprint density at radius 1 is 1.47 bits per heavy atom. The predicted molar refractivity (Wildman–Crippen MR) is 69.5 cm³/mol. The summed E-state index contributed by atoms with van der Waals surface area (Å²) in [4.78, 5) is 18.0. The normalized spacial score (nSPS) is 14.7. The van der Waals surface area contributed by atoms with Crippen LogP contribution in [0, 0.1) is 0 Å². The fraction of sp³-hybridized carbons (Fsp3) is 0.571. The first-order valence-electron chi connectivity index (χ1n) is 6.46. The number of ketones is 1. The zero-order valence-corrected chi connectivity index (χ0v) is 10.6. The molecule has 0 amide bonds. The van der Waals surface area contributed by atoms with E-state index in [4.69, 9.17) is 0 Å². The molecule has 0 spiro atoms. The maximum Gasteiger partial charge on any atom is 0.161 e. The second-order valence-corrected chi connectivity index (χ2v) is 4.74. The Bertz CT molecular complexity index is 382. The van der Waals surface area contributed by atoms with E-state index in [9.17, 15) is 4.79 Å². The summed E-state index contributed by atoms with van der Waals surface area (Å²) < 4.78 is 0. The van der Waals surface area contributed by atoms with Gasteiger partial charge in [-0.2, -0.15) is 0 Å². The van der Waals surface area contributed by atoms with Gasteiger partial charge in [0, 0.05) is 24.3 Å². The summed E-state index contributed by atoms with van der Waals surface area (Å²) >= 11 is 0. The van der Waals surface area contributed by atoms with E-state index >= 15 is 0 Å². The number of anilines is 1. The van der Waals surface area contributed by atoms with Crippen LogP contribution < -0.4 is 4.90 Å². The molecular formula is C14H20N2O. The molecule has 0 bridgehead atoms. The average molecular weight is 232 g/mol. The van der Waals surface area contributed by atoms with Crippen LogP contribution in [0.1, 0.15) is 49.9 Å². The lowest BCUT2D eigenvalue weighted by Gasteiger charge is -2.23. The lowest BCUT2D eigenvalue weighted by atomic mass is 10.2. The van der Waals surface area contributed by atoms with Crippen molar-refractivity contribution in [3.05, 3.63) is 23.9 Å². The molecule has 1 aromatic heterocycles. The first-order valence-corrected chi connectivity index (χ1v) is 6.46. The van der Waals surface area contributed by atoms with Gasteiger partial charge in [0.1, 0.15) is 5.82 Å². The van der Waals surface area contributed by atoms with Crippen LogP contribution >= 0.6 is 0 Å². The Morgan fingerprint density at radius 2 is 2.24 bits per heavy atom. The van der Waals surface area contributed by atoms with Gasteiger partial charge in [-0.15, -0.1) is 0 Å². The third-order valence-corrected chi connectivity index (χ3v) is 3.19. The fourth-order valence-corrected chi connectivity index (χ4v) is 1.96. The molecule has 0 atom stereocenters. The number of carbonyl (C=O) groups is 1. The molecule has 0 aromatic carbocycles. The Balaban J connectivity index is 2.09. The summed E-state index contributed by atoms with van der Waals surface area (Å²) in [5, 5.41) is 0. The van der Waals surface area contributed by atoms with Crippen molar-refractivity contribution < 1.29 is 4.79 Å². The lowest BCUT2D eigenvalue weighted by molar-refractivity contribution is 0.101. The second-order valence-electron chi connectivity index (χ2n) is 4.74. The molecular weight excluding hydrogens is 212 g/mol. The van der Waals surface area contributed by atoms with Crippen molar-refractivity contribution in [3.8, 4) is 0 Å². The minimum Gasteiger partial charge on any atom is -0.354 e. The van der Waals surface area contributed by atoms with Gasteiger partial charge in [0.05, 0.1) is 0 Å². The molecule has 0 unspecified atom stereocenters. The molecule has 0 saturated heterocycles. The summed E-state index contributed by atoms with van der Waals surface area (Å²) in [6, 6.07) is 4.54. The summed E-state index contributed by atoms with van der Waals surface area (Å²) in [7, 11) is 0. The van der Waals surface area contributed by atoms with Gasteiger partial charge in [-0.05, 0) is 38.3 Å². The van der Waals surface area contributed by atoms with Gasteiger partial charge in [-0.25, -0.2) is 4.98 Å². The number of Topliss-reactive ketones (excluding diaryl/α,β-unsaturated/α-hetero) is 1. The van der Waals surface area contributed by atoms with E-state index in [2.05, 4.69) is 16.8 Å². The molecule has 1 aromatic rings. The highest BCUT2D eigenvalue weighted by atomic mass is 16.1. The van der Waals surface area contributed by atoms with Crippen molar-refractivity contribution in [2.75, 3.05) is 11.4 Å². The van der Waals surface area contributed by atoms with Crippen molar-refractivity contribution in [2.24, 2.45) is 0 Å². The molecule has 3 nitrogen and oxygen atoms in total. The molecule has 1 fully saturated rings. The number of pyridine rings is 1. The molecule has 17 heavy (non-hydrogen) atoms. The Hall–Kier alpha value is -1.38. The zero-order valence-electron chi connectivity index (χ0n) is 10.6. The monoisotopic (exact) mass is 232 g/mol. The van der Waals surface area contributed by atoms with Gasteiger partial charge >= 0.3 is 0 Å². The molecule has 1 saturated carbocycles. The summed E-state index contributed by atoms with van der Waals surface area (Å²) in [6.07, 6.45) is 6.65. The molecule has 1 aliphatic carbocycles. The standard InChI is InChI=1S/C14H20N2O/c1-3-4-9-16(13-6-7-13)14-8-5-12(10-15-14)11(2)17/h5,8,10,13H,3-4,6-7,9H2,1-2H3. The molecule has 92 valence electrons. The maximum atomic E-state index is 11.2. The number of hydrogen-bond acceptors (Lipinski definition) is 3. The summed E-state index contributed by atoms with van der Waals surface area (Å²) in [5.41, 5.74) is 0.694. The van der Waals surface area contributed by atoms with E-state index in [0.29, 0.717) is 11.6 Å². The smallest absolute Gasteiger partial charge is 0.161 e. The molecule has 0 aliphatic heterocycles. The topological polar surface area (TPSA) is 33.2 Å². The molecule has 1 heterocycles. The van der Waals surface area contributed by atoms with Gasteiger partial charge in [-0.3, -0.25) is 4.79 Å². The van der Waals surface area contributed by atoms with Crippen LogP contribution in [0.15, 0.2) is 18.3 Å². The number of carbonyl (C=O) groups excluding carboxylic acids is 1. The quantitative estimate of drug-likeness (QED) is 0.707. The van der Waals surface area contributed by atoms with Gasteiger partial charge in [0.25, 0.3) is 0 Å². The number of nitrogens with zero attached hydrogens (tertiary/aromatic N) is 2. The van der Waals surface area contributed by atoms with Crippen LogP contribution in [0.5, 0.6) is 0 Å². The van der Waals surface area contributed by atoms with Gasteiger partial charge in [0.2, 0.25) is 0 Å². The molecule has 3 heteroatoms. The van der Waals surface area contributed by atoms with E-state index in [1.54, 1.807) is 13.1 Å². The first-order chi connectivity index (χ1) is 8.22. The highest BCUT2D eigenvalue weighted by molar-refractivity contribution is 5.93. The van der Waals surface area contributed by atoms with E-state index in [-0.39, 0.29) is 5.78 Å². The van der Waals surface area contributed by atoms with E-state index < -0.39 is 0 Å². The van der Waals surface area contributed by atoms with Crippen LogP contribution in [0.2, 0.25) is 0 Å². The summed E-state index contributed by atoms with van der Waals surface area (Å²) in [5.74, 6) is 1.10. The number of aromatic nitrogens is 1. The van der Waals surface area contributed by atoms with Gasteiger partial charge in [0.15, 0.2) is 5.78 Å². The molecule has 0 radical (unpaired) electrons. The minimum atomic E-state index is 0.0792. The number of rotatable bonds is 6. The van der Waals surface area contributed by atoms with Crippen molar-refractivity contribution in [2.45, 2.75) is 45.6 Å². The largest absolute Gasteiger partial charge is 0.354 e. The van der Waals surface area contributed by atoms with Crippen molar-refractivity contribution in [3.63, 3.8) is 0 Å². The third-order valence-electron chi connectivity index (χ3n) is 3.19. The van der Waals surface area contributed by atoms with Gasteiger partial charge in [-0.1, -0.05) is 13.3 Å². The highest BCUT2D eigenvalue weighted by Gasteiger charge is 2.29. The van der Waals surface area contributed by atoms with Crippen molar-refractivity contribution in [1.29, 1.82) is 0 Å². The van der Waals surface area contributed by atoms with Crippen molar-refractivity contribution >= 4 is 11.6 Å². The van der Waals surface area contributed by atoms with Crippen LogP contribution in [-0.4, -0.2) is 23.4 Å². The minimum absolute atomic E-state index is 0.0792. The third kappa shape index (κ3) is 3.05. The predicted octanol–water partition coefficient (Wildman–Crippen LogP) is 3.05. The second kappa shape index (κ2) is 5.30. The summed E-state index contributed by atoms with van der Waals surface area (Å²) in [6.45, 7) is 4.86. The SMILES string of the molecule is CCCCN(c1ccc(C(C)=O)cn1)C1CC1. The molecule has 0 N–H and O–H groups in total. The number of hydrogen-bond donors (Lipinski definition) is 0.